The number of benzene rings is 2. The summed E-state index contributed by atoms with van der Waals surface area (Å²) >= 11 is 1.66. The van der Waals surface area contributed by atoms with Crippen LogP contribution in [0.3, 0.4) is 0 Å². The number of hydrogen-bond donors (Lipinski definition) is 3. The van der Waals surface area contributed by atoms with Crippen molar-refractivity contribution in [3.8, 4) is 10.4 Å². The minimum Gasteiger partial charge on any atom is -0.405 e. The molecule has 0 radical (unpaired) electrons. The van der Waals surface area contributed by atoms with E-state index in [1.54, 1.807) is 11.3 Å². The summed E-state index contributed by atoms with van der Waals surface area (Å²) in [5.74, 6) is 0. The van der Waals surface area contributed by atoms with Gasteiger partial charge in [-0.25, -0.2) is 4.98 Å². The summed E-state index contributed by atoms with van der Waals surface area (Å²) in [5.41, 5.74) is 17.2. The van der Waals surface area contributed by atoms with E-state index in [1.807, 2.05) is 39.1 Å². The van der Waals surface area contributed by atoms with Crippen LogP contribution in [-0.2, 0) is 0 Å². The lowest BCUT2D eigenvalue weighted by Crippen LogP contribution is -1.92. The molecule has 1 aromatic heterocycles. The number of aryl methyl sites for hydroxylation is 3. The number of rotatable bonds is 3. The third-order valence-corrected chi connectivity index (χ3v) is 4.51. The zero-order valence-corrected chi connectivity index (χ0v) is 17.7. The third-order valence-electron chi connectivity index (χ3n) is 3.58. The van der Waals surface area contributed by atoms with Crippen molar-refractivity contribution in [2.24, 2.45) is 5.73 Å². The molecule has 0 spiro atoms. The van der Waals surface area contributed by atoms with Crippen molar-refractivity contribution in [3.05, 3.63) is 72.1 Å². The fourth-order valence-corrected chi connectivity index (χ4v) is 3.67. The van der Waals surface area contributed by atoms with Gasteiger partial charge in [0, 0.05) is 17.6 Å². The molecule has 0 saturated carbocycles. The van der Waals surface area contributed by atoms with Gasteiger partial charge >= 0.3 is 0 Å². The first kappa shape index (κ1) is 22.3. The van der Waals surface area contributed by atoms with Crippen LogP contribution < -0.4 is 16.8 Å². The van der Waals surface area contributed by atoms with Gasteiger partial charge in [-0.05, 0) is 67.4 Å². The first-order valence-corrected chi connectivity index (χ1v) is 9.75. The maximum absolute atomic E-state index is 5.89. The Balaban J connectivity index is 0.000000665. The highest BCUT2D eigenvalue weighted by molar-refractivity contribution is 7.19. The van der Waals surface area contributed by atoms with Gasteiger partial charge in [-0.1, -0.05) is 50.0 Å². The van der Waals surface area contributed by atoms with Crippen LogP contribution >= 0.6 is 11.3 Å². The predicted molar refractivity (Wildman–Crippen MR) is 122 cm³/mol. The summed E-state index contributed by atoms with van der Waals surface area (Å²) in [6.07, 6.45) is 3.18. The molecule has 0 saturated heterocycles. The van der Waals surface area contributed by atoms with Gasteiger partial charge in [0.05, 0.1) is 4.88 Å². The summed E-state index contributed by atoms with van der Waals surface area (Å²) in [5, 5.41) is 4.22. The highest BCUT2D eigenvalue weighted by Gasteiger charge is 2.10. The molecule has 0 bridgehead atoms. The Morgan fingerprint density at radius 1 is 1.07 bits per heavy atom. The van der Waals surface area contributed by atoms with Crippen molar-refractivity contribution in [1.29, 1.82) is 0 Å². The fraction of sp³-hybridized carbons (Fsp3) is 0.227. The van der Waals surface area contributed by atoms with Crippen molar-refractivity contribution in [2.45, 2.75) is 34.6 Å². The molecule has 4 nitrogen and oxygen atoms in total. The number of thiazole rings is 1. The third kappa shape index (κ3) is 6.46. The number of nitrogens with one attached hydrogen (secondary N) is 1. The Labute approximate surface area is 167 Å². The van der Waals surface area contributed by atoms with E-state index in [2.05, 4.69) is 60.7 Å². The van der Waals surface area contributed by atoms with Gasteiger partial charge in [-0.15, -0.1) is 0 Å². The first-order valence-electron chi connectivity index (χ1n) is 8.94. The van der Waals surface area contributed by atoms with Gasteiger partial charge in [0.15, 0.2) is 5.13 Å². The number of aromatic nitrogens is 1. The zero-order chi connectivity index (χ0) is 20.4. The quantitative estimate of drug-likeness (QED) is 0.473. The van der Waals surface area contributed by atoms with Crippen LogP contribution in [0.2, 0.25) is 0 Å². The second-order valence-corrected chi connectivity index (χ2v) is 6.82. The average Bonchev–Trinajstić information content (AvgIpc) is 3.04. The fourth-order valence-electron chi connectivity index (χ4n) is 2.66. The number of nitrogens with two attached hydrogens (primary N) is 2. The number of hydrogen-bond acceptors (Lipinski definition) is 5. The maximum atomic E-state index is 5.89. The van der Waals surface area contributed by atoms with Crippen molar-refractivity contribution >= 4 is 27.8 Å². The van der Waals surface area contributed by atoms with Gasteiger partial charge in [-0.3, -0.25) is 0 Å². The summed E-state index contributed by atoms with van der Waals surface area (Å²) in [4.78, 5) is 5.68. The monoisotopic (exact) mass is 382 g/mol. The molecule has 2 aromatic carbocycles. The SMILES string of the molecule is C=CN.CC.Cc1cc(N)cc(Nc2ncc(-c3c(C)cccc3C)s2)c1. The molecule has 0 aliphatic heterocycles. The molecule has 0 fully saturated rings. The van der Waals surface area contributed by atoms with E-state index >= 15 is 0 Å². The molecule has 5 heteroatoms. The highest BCUT2D eigenvalue weighted by Crippen LogP contribution is 2.34. The van der Waals surface area contributed by atoms with Crippen LogP contribution in [0, 0.1) is 20.8 Å². The Hall–Kier alpha value is -2.79. The topological polar surface area (TPSA) is 77.0 Å². The molecular weight excluding hydrogens is 352 g/mol. The molecule has 1 heterocycles. The lowest BCUT2D eigenvalue weighted by Gasteiger charge is -2.07. The molecule has 5 N–H and O–H groups in total. The molecule has 3 rings (SSSR count). The molecule has 0 aliphatic rings. The molecule has 0 aliphatic carbocycles. The average molecular weight is 383 g/mol. The second kappa shape index (κ2) is 11.0. The van der Waals surface area contributed by atoms with Crippen molar-refractivity contribution in [2.75, 3.05) is 11.1 Å². The van der Waals surface area contributed by atoms with Crippen molar-refractivity contribution in [1.82, 2.24) is 4.98 Å². The number of anilines is 3. The van der Waals surface area contributed by atoms with E-state index < -0.39 is 0 Å². The van der Waals surface area contributed by atoms with Crippen molar-refractivity contribution in [3.63, 3.8) is 0 Å². The molecule has 0 amide bonds. The predicted octanol–water partition coefficient (Wildman–Crippen LogP) is 6.18. The van der Waals surface area contributed by atoms with E-state index in [0.717, 1.165) is 22.1 Å². The van der Waals surface area contributed by atoms with Crippen LogP contribution in [-0.4, -0.2) is 4.98 Å². The molecule has 27 heavy (non-hydrogen) atoms. The Morgan fingerprint density at radius 3 is 2.22 bits per heavy atom. The van der Waals surface area contributed by atoms with Crippen LogP contribution in [0.15, 0.2) is 55.4 Å². The Kier molecular flexibility index (Phi) is 9.09. The van der Waals surface area contributed by atoms with Crippen LogP contribution in [0.1, 0.15) is 30.5 Å². The standard InChI is InChI=1S/C18H19N3S.C2H5N.C2H6/c1-11-7-14(19)9-15(8-11)21-18-20-10-16(22-18)17-12(2)5-4-6-13(17)3;1-2-3;1-2/h4-10H,19H2,1-3H3,(H,20,21);2H,1,3H2;1-2H3. The summed E-state index contributed by atoms with van der Waals surface area (Å²) in [6, 6.07) is 12.3. The zero-order valence-electron chi connectivity index (χ0n) is 16.8. The van der Waals surface area contributed by atoms with Gasteiger partial charge < -0.3 is 16.8 Å². The number of nitrogen functional groups attached to an aromatic ring is 1. The lowest BCUT2D eigenvalue weighted by atomic mass is 10.0. The van der Waals surface area contributed by atoms with Crippen LogP contribution in [0.4, 0.5) is 16.5 Å². The van der Waals surface area contributed by atoms with Gasteiger partial charge in [0.1, 0.15) is 0 Å². The smallest absolute Gasteiger partial charge is 0.187 e. The van der Waals surface area contributed by atoms with E-state index in [-0.39, 0.29) is 0 Å². The van der Waals surface area contributed by atoms with E-state index in [0.29, 0.717) is 0 Å². The number of nitrogens with zero attached hydrogens (tertiary/aromatic N) is 1. The van der Waals surface area contributed by atoms with Gasteiger partial charge in [-0.2, -0.15) is 0 Å². The van der Waals surface area contributed by atoms with Crippen molar-refractivity contribution < 1.29 is 0 Å². The Morgan fingerprint density at radius 2 is 1.67 bits per heavy atom. The maximum Gasteiger partial charge on any atom is 0.187 e. The molecule has 3 aromatic rings. The molecule has 0 atom stereocenters. The largest absolute Gasteiger partial charge is 0.405 e. The normalized spacial score (nSPS) is 9.37. The molecule has 0 unspecified atom stereocenters. The van der Waals surface area contributed by atoms with Gasteiger partial charge in [0.25, 0.3) is 0 Å². The summed E-state index contributed by atoms with van der Waals surface area (Å²) < 4.78 is 0. The second-order valence-electron chi connectivity index (χ2n) is 5.79. The van der Waals surface area contributed by atoms with E-state index in [9.17, 15) is 0 Å². The summed E-state index contributed by atoms with van der Waals surface area (Å²) in [7, 11) is 0. The lowest BCUT2D eigenvalue weighted by molar-refractivity contribution is 1.36. The Bertz CT molecular complexity index is 828. The van der Waals surface area contributed by atoms with Crippen LogP contribution in [0.5, 0.6) is 0 Å². The van der Waals surface area contributed by atoms with E-state index in [1.165, 1.54) is 27.8 Å². The van der Waals surface area contributed by atoms with Gasteiger partial charge in [0.2, 0.25) is 0 Å². The molecule has 144 valence electrons. The summed E-state index contributed by atoms with van der Waals surface area (Å²) in [6.45, 7) is 13.4. The minimum absolute atomic E-state index is 0.758. The first-order chi connectivity index (χ1) is 12.9. The minimum atomic E-state index is 0.758. The highest BCUT2D eigenvalue weighted by atomic mass is 32.1. The van der Waals surface area contributed by atoms with Crippen LogP contribution in [0.25, 0.3) is 10.4 Å². The molecular formula is C22H30N4S. The van der Waals surface area contributed by atoms with E-state index in [4.69, 9.17) is 5.73 Å².